The Morgan fingerprint density at radius 1 is 1.60 bits per heavy atom. The third-order valence-corrected chi connectivity index (χ3v) is 3.14. The van der Waals surface area contributed by atoms with Crippen LogP contribution in [0.5, 0.6) is 0 Å². The number of hydrogen-bond acceptors (Lipinski definition) is 3. The Kier molecular flexibility index (Phi) is 3.26. The van der Waals surface area contributed by atoms with E-state index in [4.69, 9.17) is 5.11 Å². The molecule has 1 aromatic heterocycles. The molecule has 4 heteroatoms. The second-order valence-electron chi connectivity index (χ2n) is 4.13. The number of nitrogens with zero attached hydrogens (tertiary/aromatic N) is 3. The van der Waals surface area contributed by atoms with Crippen LogP contribution in [0.3, 0.4) is 0 Å². The van der Waals surface area contributed by atoms with Crippen LogP contribution < -0.4 is 4.90 Å². The van der Waals surface area contributed by atoms with Crippen LogP contribution in [-0.4, -0.2) is 34.4 Å². The summed E-state index contributed by atoms with van der Waals surface area (Å²) in [5, 5.41) is 8.90. The van der Waals surface area contributed by atoms with Crippen molar-refractivity contribution in [1.82, 2.24) is 9.55 Å². The van der Waals surface area contributed by atoms with Gasteiger partial charge in [-0.2, -0.15) is 0 Å². The predicted molar refractivity (Wildman–Crippen MR) is 59.9 cm³/mol. The van der Waals surface area contributed by atoms with Gasteiger partial charge in [0.15, 0.2) is 0 Å². The zero-order chi connectivity index (χ0) is 10.7. The summed E-state index contributed by atoms with van der Waals surface area (Å²) >= 11 is 0. The quantitative estimate of drug-likeness (QED) is 0.807. The molecular formula is C11H19N3O. The number of aliphatic hydroxyl groups excluding tert-OH is 1. The molecule has 0 spiro atoms. The van der Waals surface area contributed by atoms with E-state index in [1.165, 1.54) is 6.42 Å². The van der Waals surface area contributed by atoms with Gasteiger partial charge >= 0.3 is 0 Å². The predicted octanol–water partition coefficient (Wildman–Crippen LogP) is 1.11. The normalized spacial score (nSPS) is 21.2. The number of aliphatic hydroxyl groups is 1. The Hall–Kier alpha value is -1.03. The number of imidazole rings is 1. The van der Waals surface area contributed by atoms with Crippen LogP contribution in [-0.2, 0) is 6.54 Å². The Morgan fingerprint density at radius 2 is 2.47 bits per heavy atom. The lowest BCUT2D eigenvalue weighted by molar-refractivity contribution is 0.263. The molecule has 1 atom stereocenters. The zero-order valence-corrected chi connectivity index (χ0v) is 9.26. The number of aryl methyl sites for hydroxylation is 1. The van der Waals surface area contributed by atoms with E-state index in [9.17, 15) is 0 Å². The smallest absolute Gasteiger partial charge is 0.205 e. The van der Waals surface area contributed by atoms with Crippen LogP contribution in [0.15, 0.2) is 12.4 Å². The van der Waals surface area contributed by atoms with Crippen molar-refractivity contribution < 1.29 is 5.11 Å². The molecule has 0 radical (unpaired) electrons. The fourth-order valence-electron chi connectivity index (χ4n) is 2.26. The minimum absolute atomic E-state index is 0.306. The Morgan fingerprint density at radius 3 is 3.20 bits per heavy atom. The molecule has 1 fully saturated rings. The van der Waals surface area contributed by atoms with Crippen LogP contribution in [0.4, 0.5) is 5.95 Å². The maximum absolute atomic E-state index is 8.90. The molecule has 1 aliphatic rings. The van der Waals surface area contributed by atoms with Crippen LogP contribution in [0.1, 0.15) is 19.8 Å². The zero-order valence-electron chi connectivity index (χ0n) is 9.26. The first-order chi connectivity index (χ1) is 7.35. The van der Waals surface area contributed by atoms with E-state index in [0.29, 0.717) is 12.5 Å². The average Bonchev–Trinajstić information content (AvgIpc) is 2.84. The lowest BCUT2D eigenvalue weighted by Gasteiger charge is -2.18. The molecule has 4 nitrogen and oxygen atoms in total. The number of rotatable bonds is 4. The van der Waals surface area contributed by atoms with Gasteiger partial charge in [-0.1, -0.05) is 0 Å². The van der Waals surface area contributed by atoms with Gasteiger partial charge in [0.05, 0.1) is 0 Å². The molecule has 2 rings (SSSR count). The summed E-state index contributed by atoms with van der Waals surface area (Å²) < 4.78 is 2.17. The highest BCUT2D eigenvalue weighted by molar-refractivity contribution is 5.32. The topological polar surface area (TPSA) is 41.3 Å². The standard InChI is InChI=1S/C11H19N3O/c1-2-13-7-5-12-11(13)14-6-3-10(9-14)4-8-15/h5,7,10,15H,2-4,6,8-9H2,1H3. The van der Waals surface area contributed by atoms with Crippen molar-refractivity contribution in [3.63, 3.8) is 0 Å². The summed E-state index contributed by atoms with van der Waals surface area (Å²) in [7, 11) is 0. The van der Waals surface area contributed by atoms with Crippen LogP contribution in [0.2, 0.25) is 0 Å². The lowest BCUT2D eigenvalue weighted by atomic mass is 10.1. The molecule has 15 heavy (non-hydrogen) atoms. The van der Waals surface area contributed by atoms with Gasteiger partial charge in [0.1, 0.15) is 0 Å². The van der Waals surface area contributed by atoms with E-state index in [-0.39, 0.29) is 0 Å². The van der Waals surface area contributed by atoms with E-state index in [1.807, 2.05) is 12.4 Å². The van der Waals surface area contributed by atoms with Gasteiger partial charge in [0, 0.05) is 38.6 Å². The van der Waals surface area contributed by atoms with Crippen molar-refractivity contribution in [2.75, 3.05) is 24.6 Å². The Balaban J connectivity index is 2.01. The molecular weight excluding hydrogens is 190 g/mol. The summed E-state index contributed by atoms with van der Waals surface area (Å²) in [4.78, 5) is 6.71. The third kappa shape index (κ3) is 2.15. The van der Waals surface area contributed by atoms with Gasteiger partial charge in [-0.25, -0.2) is 4.98 Å². The SMILES string of the molecule is CCn1ccnc1N1CCC(CCO)C1. The van der Waals surface area contributed by atoms with Crippen molar-refractivity contribution in [2.45, 2.75) is 26.3 Å². The second-order valence-corrected chi connectivity index (χ2v) is 4.13. The van der Waals surface area contributed by atoms with Crippen LogP contribution in [0, 0.1) is 5.92 Å². The largest absolute Gasteiger partial charge is 0.396 e. The molecule has 1 aromatic rings. The van der Waals surface area contributed by atoms with Crippen LogP contribution in [0.25, 0.3) is 0 Å². The first-order valence-corrected chi connectivity index (χ1v) is 5.72. The van der Waals surface area contributed by atoms with Crippen molar-refractivity contribution in [3.8, 4) is 0 Å². The summed E-state index contributed by atoms with van der Waals surface area (Å²) in [5.74, 6) is 1.72. The number of anilines is 1. The monoisotopic (exact) mass is 209 g/mol. The maximum atomic E-state index is 8.90. The highest BCUT2D eigenvalue weighted by atomic mass is 16.3. The molecule has 0 bridgehead atoms. The van der Waals surface area contributed by atoms with E-state index >= 15 is 0 Å². The fraction of sp³-hybridized carbons (Fsp3) is 0.727. The van der Waals surface area contributed by atoms with Gasteiger partial charge in [-0.05, 0) is 25.7 Å². The van der Waals surface area contributed by atoms with Crippen molar-refractivity contribution in [2.24, 2.45) is 5.92 Å². The first-order valence-electron chi connectivity index (χ1n) is 5.72. The van der Waals surface area contributed by atoms with Gasteiger partial charge in [-0.15, -0.1) is 0 Å². The van der Waals surface area contributed by atoms with Crippen molar-refractivity contribution in [1.29, 1.82) is 0 Å². The van der Waals surface area contributed by atoms with E-state index in [0.717, 1.165) is 32.0 Å². The molecule has 1 unspecified atom stereocenters. The average molecular weight is 209 g/mol. The molecule has 1 N–H and O–H groups in total. The molecule has 0 amide bonds. The molecule has 1 aliphatic heterocycles. The summed E-state index contributed by atoms with van der Waals surface area (Å²) in [5.41, 5.74) is 0. The Labute approximate surface area is 90.5 Å². The highest BCUT2D eigenvalue weighted by Gasteiger charge is 2.24. The molecule has 0 aromatic carbocycles. The Bertz CT molecular complexity index is 311. The lowest BCUT2D eigenvalue weighted by Crippen LogP contribution is -2.23. The summed E-state index contributed by atoms with van der Waals surface area (Å²) in [6.07, 6.45) is 5.98. The van der Waals surface area contributed by atoms with Crippen molar-refractivity contribution >= 4 is 5.95 Å². The van der Waals surface area contributed by atoms with Gasteiger partial charge in [-0.3, -0.25) is 0 Å². The maximum Gasteiger partial charge on any atom is 0.205 e. The third-order valence-electron chi connectivity index (χ3n) is 3.14. The minimum Gasteiger partial charge on any atom is -0.396 e. The summed E-state index contributed by atoms with van der Waals surface area (Å²) in [6, 6.07) is 0. The van der Waals surface area contributed by atoms with Gasteiger partial charge in [0.2, 0.25) is 5.95 Å². The van der Waals surface area contributed by atoms with Crippen molar-refractivity contribution in [3.05, 3.63) is 12.4 Å². The van der Waals surface area contributed by atoms with E-state index < -0.39 is 0 Å². The molecule has 2 heterocycles. The second kappa shape index (κ2) is 4.66. The minimum atomic E-state index is 0.306. The molecule has 1 saturated heterocycles. The number of aromatic nitrogens is 2. The van der Waals surface area contributed by atoms with Crippen LogP contribution >= 0.6 is 0 Å². The van der Waals surface area contributed by atoms with Gasteiger partial charge in [0.25, 0.3) is 0 Å². The molecule has 0 saturated carbocycles. The van der Waals surface area contributed by atoms with E-state index in [2.05, 4.69) is 21.4 Å². The summed E-state index contributed by atoms with van der Waals surface area (Å²) in [6.45, 7) is 5.52. The first kappa shape index (κ1) is 10.5. The molecule has 0 aliphatic carbocycles. The highest BCUT2D eigenvalue weighted by Crippen LogP contribution is 2.24. The molecule has 84 valence electrons. The van der Waals surface area contributed by atoms with Gasteiger partial charge < -0.3 is 14.6 Å². The van der Waals surface area contributed by atoms with E-state index in [1.54, 1.807) is 0 Å². The fourth-order valence-corrected chi connectivity index (χ4v) is 2.26. The number of hydrogen-bond donors (Lipinski definition) is 1.